The van der Waals surface area contributed by atoms with Crippen molar-refractivity contribution in [3.05, 3.63) is 65.9 Å². The Kier molecular flexibility index (Phi) is 9.62. The Bertz CT molecular complexity index is 1590. The Morgan fingerprint density at radius 2 is 1.68 bits per heavy atom. The Morgan fingerprint density at radius 3 is 2.32 bits per heavy atom. The molecule has 0 aliphatic carbocycles. The summed E-state index contributed by atoms with van der Waals surface area (Å²) in [7, 11) is -7.46. The lowest BCUT2D eigenvalue weighted by molar-refractivity contribution is -0.135. The summed E-state index contributed by atoms with van der Waals surface area (Å²) in [5.74, 6) is -0.315. The third-order valence-electron chi connectivity index (χ3n) is 7.01. The van der Waals surface area contributed by atoms with Crippen LogP contribution in [-0.4, -0.2) is 86.2 Å². The van der Waals surface area contributed by atoms with Gasteiger partial charge in [-0.2, -0.15) is 4.31 Å². The first-order chi connectivity index (χ1) is 19.4. The molecule has 222 valence electrons. The van der Waals surface area contributed by atoms with Gasteiger partial charge >= 0.3 is 0 Å². The number of hydroxylamine groups is 1. The maximum absolute atomic E-state index is 13.0. The molecule has 1 atom stereocenters. The third kappa shape index (κ3) is 7.20. The van der Waals surface area contributed by atoms with E-state index >= 15 is 0 Å². The van der Waals surface area contributed by atoms with E-state index in [4.69, 9.17) is 4.74 Å². The van der Waals surface area contributed by atoms with Crippen LogP contribution in [0.15, 0.2) is 59.5 Å². The number of aryl methyl sites for hydroxylation is 1. The van der Waals surface area contributed by atoms with Crippen molar-refractivity contribution in [1.29, 1.82) is 0 Å². The maximum atomic E-state index is 13.0. The van der Waals surface area contributed by atoms with Crippen LogP contribution >= 0.6 is 0 Å². The predicted molar refractivity (Wildman–Crippen MR) is 153 cm³/mol. The minimum atomic E-state index is -4.01. The number of sulfonamides is 2. The number of hydrogen-bond donors (Lipinski definition) is 3. The van der Waals surface area contributed by atoms with Crippen molar-refractivity contribution in [2.75, 3.05) is 32.7 Å². The van der Waals surface area contributed by atoms with E-state index < -0.39 is 37.2 Å². The quantitative estimate of drug-likeness (QED) is 0.218. The molecular weight excluding hydrogens is 570 g/mol. The molecule has 1 aliphatic heterocycles. The number of fused-ring (bicyclic) bond motifs is 1. The van der Waals surface area contributed by atoms with Crippen LogP contribution in [0, 0.1) is 6.92 Å². The van der Waals surface area contributed by atoms with Crippen molar-refractivity contribution in [2.45, 2.75) is 43.6 Å². The fraction of sp³-hybridized carbons (Fsp3) is 0.407. The van der Waals surface area contributed by atoms with Crippen LogP contribution in [0.3, 0.4) is 0 Å². The number of aromatic nitrogens is 1. The molecule has 12 nitrogen and oxygen atoms in total. The first-order valence-electron chi connectivity index (χ1n) is 13.2. The molecule has 1 fully saturated rings. The average Bonchev–Trinajstić information content (AvgIpc) is 2.96. The maximum Gasteiger partial charge on any atom is 0.262 e. The van der Waals surface area contributed by atoms with Crippen LogP contribution in [0.25, 0.3) is 10.9 Å². The number of amides is 1. The Hall–Kier alpha value is -3.14. The summed E-state index contributed by atoms with van der Waals surface area (Å²) in [4.78, 5) is 18.5. The second kappa shape index (κ2) is 12.8. The van der Waals surface area contributed by atoms with Crippen molar-refractivity contribution in [3.63, 3.8) is 0 Å². The highest BCUT2D eigenvalue weighted by molar-refractivity contribution is 7.89. The van der Waals surface area contributed by atoms with Crippen LogP contribution < -0.4 is 14.9 Å². The zero-order chi connectivity index (χ0) is 29.8. The zero-order valence-corrected chi connectivity index (χ0v) is 24.8. The van der Waals surface area contributed by atoms with Crippen molar-refractivity contribution in [1.82, 2.24) is 24.4 Å². The number of pyridine rings is 1. The SMILES string of the molecule is Cc1cc(COc2ccc(S(=O)(=O)NC[C@@H](C(=O)NO)N3CCN(S(=O)(=O)C(C)C)CC3)cc2)c2ccccc2n1. The van der Waals surface area contributed by atoms with Gasteiger partial charge in [-0.15, -0.1) is 0 Å². The van der Waals surface area contributed by atoms with Gasteiger partial charge in [0.25, 0.3) is 5.91 Å². The standard InChI is InChI=1S/C27H35N5O7S2/c1-19(2)41(37,38)32-14-12-31(13-15-32)26(27(33)30-34)17-28-40(35,36)23-10-8-22(9-11-23)39-18-21-16-20(3)29-25-7-5-4-6-24(21)25/h4-11,16,19,26,28,34H,12-15,17-18H2,1-3H3,(H,30,33)/t26-/m0/s1. The minimum Gasteiger partial charge on any atom is -0.489 e. The molecule has 3 N–H and O–H groups in total. The van der Waals surface area contributed by atoms with Gasteiger partial charge in [-0.25, -0.2) is 27.0 Å². The third-order valence-corrected chi connectivity index (χ3v) is 10.7. The Balaban J connectivity index is 1.38. The topological polar surface area (TPSA) is 158 Å². The number of nitrogens with one attached hydrogen (secondary N) is 2. The van der Waals surface area contributed by atoms with Crippen molar-refractivity contribution in [2.24, 2.45) is 0 Å². The lowest BCUT2D eigenvalue weighted by Crippen LogP contribution is -2.59. The monoisotopic (exact) mass is 605 g/mol. The highest BCUT2D eigenvalue weighted by atomic mass is 32.2. The van der Waals surface area contributed by atoms with Gasteiger partial charge in [0, 0.05) is 49.4 Å². The fourth-order valence-electron chi connectivity index (χ4n) is 4.69. The van der Waals surface area contributed by atoms with Gasteiger partial charge in [0.15, 0.2) is 0 Å². The van der Waals surface area contributed by atoms with Gasteiger partial charge in [0.2, 0.25) is 20.0 Å². The molecule has 14 heteroatoms. The smallest absolute Gasteiger partial charge is 0.262 e. The molecule has 0 unspecified atom stereocenters. The lowest BCUT2D eigenvalue weighted by atomic mass is 10.1. The summed E-state index contributed by atoms with van der Waals surface area (Å²) >= 11 is 0. The number of nitrogens with zero attached hydrogens (tertiary/aromatic N) is 3. The molecule has 0 spiro atoms. The predicted octanol–water partition coefficient (Wildman–Crippen LogP) is 1.63. The molecule has 3 aromatic rings. The highest BCUT2D eigenvalue weighted by Gasteiger charge is 2.34. The van der Waals surface area contributed by atoms with E-state index in [2.05, 4.69) is 9.71 Å². The number of ether oxygens (including phenoxy) is 1. The summed E-state index contributed by atoms with van der Waals surface area (Å²) in [6.45, 7) is 5.76. The van der Waals surface area contributed by atoms with Crippen LogP contribution in [0.1, 0.15) is 25.1 Å². The molecule has 4 rings (SSSR count). The van der Waals surface area contributed by atoms with Gasteiger partial charge in [0.05, 0.1) is 15.7 Å². The molecule has 1 amide bonds. The van der Waals surface area contributed by atoms with Crippen LogP contribution in [0.4, 0.5) is 0 Å². The second-order valence-electron chi connectivity index (χ2n) is 10.1. The number of piperazine rings is 1. The number of carbonyl (C=O) groups excluding carboxylic acids is 1. The molecule has 0 saturated carbocycles. The zero-order valence-electron chi connectivity index (χ0n) is 23.1. The van der Waals surface area contributed by atoms with Gasteiger partial charge in [-0.1, -0.05) is 18.2 Å². The number of para-hydroxylation sites is 1. The van der Waals surface area contributed by atoms with E-state index in [9.17, 15) is 26.8 Å². The van der Waals surface area contributed by atoms with E-state index in [1.807, 2.05) is 37.3 Å². The van der Waals surface area contributed by atoms with Gasteiger partial charge in [0.1, 0.15) is 18.4 Å². The lowest BCUT2D eigenvalue weighted by Gasteiger charge is -2.38. The van der Waals surface area contributed by atoms with Gasteiger partial charge < -0.3 is 4.74 Å². The molecule has 41 heavy (non-hydrogen) atoms. The van der Waals surface area contributed by atoms with Gasteiger partial charge in [-0.3, -0.25) is 19.9 Å². The summed E-state index contributed by atoms with van der Waals surface area (Å²) in [6.07, 6.45) is 0. The first-order valence-corrected chi connectivity index (χ1v) is 16.2. The molecule has 2 aromatic carbocycles. The van der Waals surface area contributed by atoms with Crippen LogP contribution in [0.2, 0.25) is 0 Å². The number of benzene rings is 2. The normalized spacial score (nSPS) is 16.1. The van der Waals surface area contributed by atoms with E-state index in [0.717, 1.165) is 22.2 Å². The molecule has 1 aromatic heterocycles. The van der Waals surface area contributed by atoms with E-state index in [1.165, 1.54) is 16.4 Å². The molecule has 1 aliphatic rings. The molecular formula is C27H35N5O7S2. The number of hydrogen-bond acceptors (Lipinski definition) is 9. The highest BCUT2D eigenvalue weighted by Crippen LogP contribution is 2.22. The minimum absolute atomic E-state index is 0.0222. The van der Waals surface area contributed by atoms with Crippen LogP contribution in [0.5, 0.6) is 5.75 Å². The summed E-state index contributed by atoms with van der Waals surface area (Å²) in [5.41, 5.74) is 4.28. The summed E-state index contributed by atoms with van der Waals surface area (Å²) in [5, 5.41) is 9.65. The second-order valence-corrected chi connectivity index (χ2v) is 14.3. The first kappa shape index (κ1) is 30.8. The van der Waals surface area contributed by atoms with E-state index in [-0.39, 0.29) is 44.2 Å². The van der Waals surface area contributed by atoms with Crippen LogP contribution in [-0.2, 0) is 31.4 Å². The van der Waals surface area contributed by atoms with E-state index in [1.54, 1.807) is 36.4 Å². The largest absolute Gasteiger partial charge is 0.489 e. The van der Waals surface area contributed by atoms with Crippen molar-refractivity contribution < 1.29 is 31.6 Å². The number of carbonyl (C=O) groups is 1. The number of rotatable bonds is 11. The van der Waals surface area contributed by atoms with E-state index in [0.29, 0.717) is 5.75 Å². The molecule has 2 heterocycles. The molecule has 0 radical (unpaired) electrons. The Labute approximate surface area is 240 Å². The van der Waals surface area contributed by atoms with Gasteiger partial charge in [-0.05, 0) is 57.2 Å². The van der Waals surface area contributed by atoms with Crippen molar-refractivity contribution >= 4 is 36.9 Å². The molecule has 0 bridgehead atoms. The average molecular weight is 606 g/mol. The summed E-state index contributed by atoms with van der Waals surface area (Å²) in [6, 6.07) is 14.6. The fourth-order valence-corrected chi connectivity index (χ4v) is 7.00. The summed E-state index contributed by atoms with van der Waals surface area (Å²) < 4.78 is 60.6. The van der Waals surface area contributed by atoms with Crippen molar-refractivity contribution in [3.8, 4) is 5.75 Å². The molecule has 1 saturated heterocycles. The Morgan fingerprint density at radius 1 is 1.02 bits per heavy atom.